The molecule has 1 rings (SSSR count). The van der Waals surface area contributed by atoms with E-state index >= 15 is 0 Å². The van der Waals surface area contributed by atoms with Crippen molar-refractivity contribution in [2.45, 2.75) is 0 Å². The van der Waals surface area contributed by atoms with Crippen LogP contribution >= 0.6 is 0 Å². The third-order valence-electron chi connectivity index (χ3n) is 1.90. The van der Waals surface area contributed by atoms with Gasteiger partial charge in [-0.15, -0.1) is 0 Å². The average Bonchev–Trinajstić information content (AvgIpc) is 2.08. The Labute approximate surface area is 72.1 Å². The van der Waals surface area contributed by atoms with Gasteiger partial charge >= 0.3 is 6.03 Å². The molecule has 2 amide bonds. The van der Waals surface area contributed by atoms with Crippen molar-refractivity contribution in [1.29, 1.82) is 0 Å². The smallest absolute Gasteiger partial charge is 0.328 e. The number of rotatable bonds is 1. The molecule has 0 atom stereocenters. The monoisotopic (exact) mass is 167 g/mol. The lowest BCUT2D eigenvalue weighted by atomic mass is 10.3. The molecular formula is C8H13N3O. The highest BCUT2D eigenvalue weighted by atomic mass is 16.2. The maximum atomic E-state index is 11.3. The molecule has 0 aromatic rings. The molecule has 12 heavy (non-hydrogen) atoms. The molecule has 4 nitrogen and oxygen atoms in total. The first-order chi connectivity index (χ1) is 5.57. The first kappa shape index (κ1) is 8.64. The number of hydrogen-bond acceptors (Lipinski definition) is 2. The molecule has 0 unspecified atom stereocenters. The Hall–Kier alpha value is -1.45. The number of nitrogens with zero attached hydrogens (tertiary/aromatic N) is 2. The molecule has 4 heteroatoms. The van der Waals surface area contributed by atoms with Gasteiger partial charge in [-0.1, -0.05) is 6.58 Å². The lowest BCUT2D eigenvalue weighted by molar-refractivity contribution is 0.194. The molecule has 0 bridgehead atoms. The summed E-state index contributed by atoms with van der Waals surface area (Å²) in [5.41, 5.74) is 1.56. The molecular weight excluding hydrogens is 154 g/mol. The molecule has 0 fully saturated rings. The van der Waals surface area contributed by atoms with E-state index in [1.165, 1.54) is 9.80 Å². The van der Waals surface area contributed by atoms with Crippen LogP contribution in [0.3, 0.4) is 0 Å². The van der Waals surface area contributed by atoms with Crippen LogP contribution in [0, 0.1) is 0 Å². The summed E-state index contributed by atoms with van der Waals surface area (Å²) in [6.45, 7) is 3.78. The molecule has 0 saturated heterocycles. The maximum Gasteiger partial charge on any atom is 0.328 e. The molecule has 0 spiro atoms. The fraction of sp³-hybridized carbons (Fsp3) is 0.375. The van der Waals surface area contributed by atoms with Crippen LogP contribution in [0.2, 0.25) is 0 Å². The molecule has 0 aromatic carbocycles. The van der Waals surface area contributed by atoms with E-state index in [1.54, 1.807) is 27.3 Å². The van der Waals surface area contributed by atoms with E-state index in [9.17, 15) is 4.79 Å². The van der Waals surface area contributed by atoms with Crippen molar-refractivity contribution in [3.8, 4) is 0 Å². The predicted octanol–water partition coefficient (Wildman–Crippen LogP) is 0.558. The molecule has 66 valence electrons. The van der Waals surface area contributed by atoms with E-state index in [0.717, 1.165) is 5.70 Å². The van der Waals surface area contributed by atoms with Gasteiger partial charge in [-0.25, -0.2) is 4.79 Å². The normalized spacial score (nSPS) is 18.1. The number of amides is 2. The first-order valence-electron chi connectivity index (χ1n) is 3.67. The molecule has 0 saturated carbocycles. The summed E-state index contributed by atoms with van der Waals surface area (Å²) in [5, 5.41) is 2.96. The van der Waals surface area contributed by atoms with Crippen molar-refractivity contribution >= 4 is 6.03 Å². The fourth-order valence-corrected chi connectivity index (χ4v) is 1.06. The third-order valence-corrected chi connectivity index (χ3v) is 1.90. The van der Waals surface area contributed by atoms with Crippen LogP contribution in [0.15, 0.2) is 24.2 Å². The number of likely N-dealkylation sites (N-methyl/N-ethyl adjacent to an activating group) is 2. The summed E-state index contributed by atoms with van der Waals surface area (Å²) in [7, 11) is 5.21. The van der Waals surface area contributed by atoms with Crippen molar-refractivity contribution in [2.75, 3.05) is 21.1 Å². The average molecular weight is 167 g/mol. The Morgan fingerprint density at radius 2 is 2.08 bits per heavy atom. The predicted molar refractivity (Wildman–Crippen MR) is 47.2 cm³/mol. The summed E-state index contributed by atoms with van der Waals surface area (Å²) in [5.74, 6) is 0. The van der Waals surface area contributed by atoms with Crippen molar-refractivity contribution in [3.05, 3.63) is 24.2 Å². The number of carbonyl (C=O) groups excluding carboxylic acids is 1. The van der Waals surface area contributed by atoms with E-state index < -0.39 is 0 Å². The highest BCUT2D eigenvalue weighted by Crippen LogP contribution is 2.16. The molecule has 0 radical (unpaired) electrons. The molecule has 1 aliphatic rings. The number of nitrogens with one attached hydrogen (secondary N) is 1. The Morgan fingerprint density at radius 1 is 1.50 bits per heavy atom. The molecule has 1 heterocycles. The van der Waals surface area contributed by atoms with Gasteiger partial charge in [0, 0.05) is 27.3 Å². The van der Waals surface area contributed by atoms with E-state index in [-0.39, 0.29) is 6.03 Å². The first-order valence-corrected chi connectivity index (χ1v) is 3.67. The summed E-state index contributed by atoms with van der Waals surface area (Å²) in [6.07, 6.45) is 1.73. The Kier molecular flexibility index (Phi) is 2.08. The van der Waals surface area contributed by atoms with Gasteiger partial charge in [0.15, 0.2) is 0 Å². The lowest BCUT2D eigenvalue weighted by Gasteiger charge is -2.30. The van der Waals surface area contributed by atoms with Crippen LogP contribution in [-0.2, 0) is 0 Å². The maximum absolute atomic E-state index is 11.3. The van der Waals surface area contributed by atoms with Crippen molar-refractivity contribution in [3.63, 3.8) is 0 Å². The Morgan fingerprint density at radius 3 is 2.58 bits per heavy atom. The topological polar surface area (TPSA) is 35.6 Å². The molecule has 1 aliphatic heterocycles. The minimum atomic E-state index is -0.0704. The zero-order chi connectivity index (χ0) is 9.30. The Bertz CT molecular complexity index is 257. The van der Waals surface area contributed by atoms with Crippen LogP contribution < -0.4 is 5.32 Å². The fourth-order valence-electron chi connectivity index (χ4n) is 1.06. The van der Waals surface area contributed by atoms with Gasteiger partial charge in [0.1, 0.15) is 0 Å². The minimum Gasteiger partial charge on any atom is -0.385 e. The largest absolute Gasteiger partial charge is 0.385 e. The Balaban J connectivity index is 3.00. The standard InChI is InChI=1S/C8H13N3O/c1-6-7(9-2)5-10(3)8(12)11(6)4/h5,9H,1H2,2-4H3. The van der Waals surface area contributed by atoms with Gasteiger partial charge in [0.2, 0.25) is 0 Å². The van der Waals surface area contributed by atoms with E-state index in [1.807, 2.05) is 0 Å². The molecule has 1 N–H and O–H groups in total. The number of urea groups is 1. The lowest BCUT2D eigenvalue weighted by Crippen LogP contribution is -2.41. The van der Waals surface area contributed by atoms with Crippen molar-refractivity contribution in [1.82, 2.24) is 15.1 Å². The molecule has 0 aliphatic carbocycles. The SMILES string of the molecule is C=C1C(NC)=CN(C)C(=O)N1C. The second kappa shape index (κ2) is 2.89. The van der Waals surface area contributed by atoms with Crippen LogP contribution in [0.25, 0.3) is 0 Å². The van der Waals surface area contributed by atoms with Crippen LogP contribution in [0.4, 0.5) is 4.79 Å². The second-order valence-corrected chi connectivity index (χ2v) is 2.69. The van der Waals surface area contributed by atoms with Crippen LogP contribution in [-0.4, -0.2) is 37.0 Å². The number of carbonyl (C=O) groups is 1. The number of hydrogen-bond donors (Lipinski definition) is 1. The second-order valence-electron chi connectivity index (χ2n) is 2.69. The summed E-state index contributed by atoms with van der Waals surface area (Å²) < 4.78 is 0. The zero-order valence-electron chi connectivity index (χ0n) is 7.59. The summed E-state index contributed by atoms with van der Waals surface area (Å²) >= 11 is 0. The van der Waals surface area contributed by atoms with Crippen molar-refractivity contribution < 1.29 is 4.79 Å². The van der Waals surface area contributed by atoms with Crippen LogP contribution in [0.1, 0.15) is 0 Å². The van der Waals surface area contributed by atoms with E-state index in [4.69, 9.17) is 0 Å². The quantitative estimate of drug-likeness (QED) is 0.619. The van der Waals surface area contributed by atoms with Gasteiger partial charge in [0.25, 0.3) is 0 Å². The van der Waals surface area contributed by atoms with E-state index in [0.29, 0.717) is 5.70 Å². The van der Waals surface area contributed by atoms with E-state index in [2.05, 4.69) is 11.9 Å². The van der Waals surface area contributed by atoms with Gasteiger partial charge < -0.3 is 10.2 Å². The highest BCUT2D eigenvalue weighted by Gasteiger charge is 2.22. The van der Waals surface area contributed by atoms with Crippen molar-refractivity contribution in [2.24, 2.45) is 0 Å². The summed E-state index contributed by atoms with van der Waals surface area (Å²) in [4.78, 5) is 14.3. The van der Waals surface area contributed by atoms with Gasteiger partial charge in [-0.2, -0.15) is 0 Å². The highest BCUT2D eigenvalue weighted by molar-refractivity contribution is 5.79. The summed E-state index contributed by atoms with van der Waals surface area (Å²) in [6, 6.07) is -0.0704. The zero-order valence-corrected chi connectivity index (χ0v) is 7.59. The van der Waals surface area contributed by atoms with Crippen LogP contribution in [0.5, 0.6) is 0 Å². The van der Waals surface area contributed by atoms with Gasteiger partial charge in [-0.3, -0.25) is 4.90 Å². The third kappa shape index (κ3) is 1.15. The van der Waals surface area contributed by atoms with Gasteiger partial charge in [-0.05, 0) is 0 Å². The van der Waals surface area contributed by atoms with Gasteiger partial charge in [0.05, 0.1) is 11.4 Å². The minimum absolute atomic E-state index is 0.0704. The molecule has 0 aromatic heterocycles.